The number of anilines is 1. The van der Waals surface area contributed by atoms with Crippen molar-refractivity contribution >= 4 is 28.6 Å². The van der Waals surface area contributed by atoms with Gasteiger partial charge in [0.25, 0.3) is 0 Å². The first-order chi connectivity index (χ1) is 16.2. The maximum Gasteiger partial charge on any atom is 0.303 e. The highest BCUT2D eigenvalue weighted by molar-refractivity contribution is 7.14. The van der Waals surface area contributed by atoms with Crippen LogP contribution >= 0.6 is 11.3 Å². The van der Waals surface area contributed by atoms with Crippen molar-refractivity contribution in [3.8, 4) is 16.2 Å². The number of allylic oxidation sites excluding steroid dienone is 2. The number of hydrogen-bond donors (Lipinski definition) is 1. The van der Waals surface area contributed by atoms with Gasteiger partial charge in [0.15, 0.2) is 0 Å². The lowest BCUT2D eigenvalue weighted by Crippen LogP contribution is -2.11. The van der Waals surface area contributed by atoms with E-state index in [1.54, 1.807) is 11.3 Å². The number of rotatable bonds is 9. The van der Waals surface area contributed by atoms with Crippen LogP contribution < -0.4 is 9.64 Å². The van der Waals surface area contributed by atoms with Crippen molar-refractivity contribution in [3.05, 3.63) is 76.7 Å². The third kappa shape index (κ3) is 5.36. The highest BCUT2D eigenvalue weighted by Crippen LogP contribution is 2.50. The second-order valence-electron chi connectivity index (χ2n) is 9.78. The minimum Gasteiger partial charge on any atom is -0.489 e. The molecule has 0 radical (unpaired) electrons. The quantitative estimate of drug-likeness (QED) is 0.353. The highest BCUT2D eigenvalue weighted by Gasteiger charge is 2.32. The van der Waals surface area contributed by atoms with Gasteiger partial charge >= 0.3 is 5.97 Å². The van der Waals surface area contributed by atoms with Crippen LogP contribution in [0.5, 0.6) is 5.75 Å². The van der Waals surface area contributed by atoms with Crippen LogP contribution in [-0.4, -0.2) is 25.2 Å². The van der Waals surface area contributed by atoms with Crippen LogP contribution in [0.4, 0.5) is 5.69 Å². The zero-order valence-corrected chi connectivity index (χ0v) is 21.2. The molecule has 1 aliphatic carbocycles. The second kappa shape index (κ2) is 10.1. The summed E-state index contributed by atoms with van der Waals surface area (Å²) in [6.07, 6.45) is 5.28. The summed E-state index contributed by atoms with van der Waals surface area (Å²) in [5.74, 6) is -0.0107. The summed E-state index contributed by atoms with van der Waals surface area (Å²) < 4.78 is 6.24. The van der Waals surface area contributed by atoms with E-state index in [1.807, 2.05) is 24.3 Å². The maximum absolute atomic E-state index is 10.9. The molecule has 0 amide bonds. The largest absolute Gasteiger partial charge is 0.489 e. The molecule has 4 rings (SSSR count). The van der Waals surface area contributed by atoms with Crippen LogP contribution in [-0.2, 0) is 17.8 Å². The first-order valence-corrected chi connectivity index (χ1v) is 12.7. The van der Waals surface area contributed by atoms with Crippen LogP contribution in [0.15, 0.2) is 60.0 Å². The van der Waals surface area contributed by atoms with E-state index in [0.717, 1.165) is 24.2 Å². The normalized spacial score (nSPS) is 14.6. The molecule has 3 aromatic rings. The molecule has 0 fully saturated rings. The molecule has 0 saturated carbocycles. The van der Waals surface area contributed by atoms with Gasteiger partial charge in [-0.1, -0.05) is 44.2 Å². The first kappa shape index (κ1) is 24.1. The fourth-order valence-electron chi connectivity index (χ4n) is 4.56. The molecule has 0 saturated heterocycles. The predicted molar refractivity (Wildman–Crippen MR) is 142 cm³/mol. The van der Waals surface area contributed by atoms with Gasteiger partial charge in [0.1, 0.15) is 12.4 Å². The molecule has 0 spiro atoms. The van der Waals surface area contributed by atoms with E-state index >= 15 is 0 Å². The highest BCUT2D eigenvalue weighted by atomic mass is 32.1. The molecular weight excluding hydrogens is 442 g/mol. The number of ether oxygens (including phenoxy) is 1. The molecule has 4 nitrogen and oxygen atoms in total. The number of benzene rings is 2. The SMILES string of the molecule is CN(C)c1cccc(-c2scc(COc3cccc(CCC(=O)O)c3)c2C2=CCCC2(C)C)c1. The molecule has 1 heterocycles. The summed E-state index contributed by atoms with van der Waals surface area (Å²) in [6.45, 7) is 5.15. The Hall–Kier alpha value is -3.05. The Balaban J connectivity index is 1.66. The number of aliphatic carboxylic acids is 1. The fourth-order valence-corrected chi connectivity index (χ4v) is 5.63. The molecule has 34 heavy (non-hydrogen) atoms. The van der Waals surface area contributed by atoms with Crippen molar-refractivity contribution in [2.24, 2.45) is 5.41 Å². The Morgan fingerprint density at radius 2 is 1.94 bits per heavy atom. The third-order valence-electron chi connectivity index (χ3n) is 6.53. The van der Waals surface area contributed by atoms with Crippen LogP contribution in [0.1, 0.15) is 49.8 Å². The van der Waals surface area contributed by atoms with Crippen molar-refractivity contribution in [2.75, 3.05) is 19.0 Å². The number of carboxylic acid groups (broad SMARTS) is 1. The van der Waals surface area contributed by atoms with Crippen LogP contribution in [0.3, 0.4) is 0 Å². The van der Waals surface area contributed by atoms with Gasteiger partial charge in [-0.3, -0.25) is 4.79 Å². The Labute approximate surface area is 206 Å². The van der Waals surface area contributed by atoms with E-state index in [9.17, 15) is 4.79 Å². The van der Waals surface area contributed by atoms with Gasteiger partial charge < -0.3 is 14.7 Å². The molecule has 0 unspecified atom stereocenters. The van der Waals surface area contributed by atoms with Crippen molar-refractivity contribution in [3.63, 3.8) is 0 Å². The fraction of sp³-hybridized carbons (Fsp3) is 0.345. The number of aryl methyl sites for hydroxylation is 1. The van der Waals surface area contributed by atoms with Gasteiger partial charge in [0.05, 0.1) is 0 Å². The van der Waals surface area contributed by atoms with Gasteiger partial charge in [-0.05, 0) is 71.0 Å². The Kier molecular flexibility index (Phi) is 7.13. The Morgan fingerprint density at radius 1 is 1.15 bits per heavy atom. The smallest absolute Gasteiger partial charge is 0.303 e. The van der Waals surface area contributed by atoms with Crippen molar-refractivity contribution in [1.29, 1.82) is 0 Å². The van der Waals surface area contributed by atoms with E-state index < -0.39 is 5.97 Å². The van der Waals surface area contributed by atoms with E-state index in [4.69, 9.17) is 9.84 Å². The number of nitrogens with zero attached hydrogens (tertiary/aromatic N) is 1. The van der Waals surface area contributed by atoms with Crippen LogP contribution in [0.2, 0.25) is 0 Å². The molecule has 1 aliphatic rings. The summed E-state index contributed by atoms with van der Waals surface area (Å²) in [5.41, 5.74) is 7.45. The molecular formula is C29H33NO3S. The number of hydrogen-bond acceptors (Lipinski definition) is 4. The maximum atomic E-state index is 10.9. The minimum atomic E-state index is -0.785. The average molecular weight is 476 g/mol. The number of carboxylic acids is 1. The number of carbonyl (C=O) groups is 1. The standard InChI is InChI=1S/C29H33NO3S/c1-29(2)15-7-12-25(29)27-22(18-33-24-11-5-8-20(16-24)13-14-26(31)32)19-34-28(27)21-9-6-10-23(17-21)30(3)4/h5-6,8-12,16-17,19H,7,13-15,18H2,1-4H3,(H,31,32). The van der Waals surface area contributed by atoms with Gasteiger partial charge in [-0.2, -0.15) is 0 Å². The summed E-state index contributed by atoms with van der Waals surface area (Å²) in [6, 6.07) is 16.5. The Morgan fingerprint density at radius 3 is 2.65 bits per heavy atom. The predicted octanol–water partition coefficient (Wildman–Crippen LogP) is 7.28. The van der Waals surface area contributed by atoms with Crippen molar-refractivity contribution < 1.29 is 14.6 Å². The molecule has 5 heteroatoms. The lowest BCUT2D eigenvalue weighted by atomic mass is 9.80. The molecule has 0 atom stereocenters. The molecule has 1 aromatic heterocycles. The first-order valence-electron chi connectivity index (χ1n) is 11.8. The van der Waals surface area contributed by atoms with Crippen LogP contribution in [0.25, 0.3) is 16.0 Å². The minimum absolute atomic E-state index is 0.122. The van der Waals surface area contributed by atoms with E-state index in [0.29, 0.717) is 13.0 Å². The molecule has 1 N–H and O–H groups in total. The van der Waals surface area contributed by atoms with E-state index in [2.05, 4.69) is 68.6 Å². The van der Waals surface area contributed by atoms with Gasteiger partial charge in [-0.25, -0.2) is 0 Å². The number of thiophene rings is 1. The Bertz CT molecular complexity index is 1210. The van der Waals surface area contributed by atoms with Crippen molar-refractivity contribution in [1.82, 2.24) is 0 Å². The molecule has 0 bridgehead atoms. The van der Waals surface area contributed by atoms with E-state index in [1.165, 1.54) is 32.8 Å². The third-order valence-corrected chi connectivity index (χ3v) is 7.61. The van der Waals surface area contributed by atoms with Crippen molar-refractivity contribution in [2.45, 2.75) is 46.1 Å². The topological polar surface area (TPSA) is 49.8 Å². The summed E-state index contributed by atoms with van der Waals surface area (Å²) in [5, 5.41) is 11.2. The lowest BCUT2D eigenvalue weighted by molar-refractivity contribution is -0.136. The lowest BCUT2D eigenvalue weighted by Gasteiger charge is -2.25. The zero-order valence-electron chi connectivity index (χ0n) is 20.4. The average Bonchev–Trinajstić information content (AvgIpc) is 3.38. The van der Waals surface area contributed by atoms with E-state index in [-0.39, 0.29) is 11.8 Å². The molecule has 0 aliphatic heterocycles. The molecule has 2 aromatic carbocycles. The summed E-state index contributed by atoms with van der Waals surface area (Å²) in [7, 11) is 4.14. The summed E-state index contributed by atoms with van der Waals surface area (Å²) in [4.78, 5) is 14.3. The zero-order chi connectivity index (χ0) is 24.3. The van der Waals surface area contributed by atoms with Gasteiger partial charge in [-0.15, -0.1) is 11.3 Å². The van der Waals surface area contributed by atoms with Crippen LogP contribution in [0, 0.1) is 5.41 Å². The van der Waals surface area contributed by atoms with Gasteiger partial charge in [0.2, 0.25) is 0 Å². The summed E-state index contributed by atoms with van der Waals surface area (Å²) >= 11 is 1.78. The molecule has 178 valence electrons. The second-order valence-corrected chi connectivity index (χ2v) is 10.7. The van der Waals surface area contributed by atoms with Gasteiger partial charge in [0, 0.05) is 42.2 Å². The monoisotopic (exact) mass is 475 g/mol.